The molecule has 1 heterocycles. The van der Waals surface area contributed by atoms with Crippen molar-refractivity contribution < 1.29 is 0 Å². The Morgan fingerprint density at radius 1 is 1.29 bits per heavy atom. The van der Waals surface area contributed by atoms with Crippen LogP contribution in [0.5, 0.6) is 0 Å². The Hall–Kier alpha value is -0.820. The molecule has 1 aliphatic heterocycles. The molecule has 0 aromatic rings. The van der Waals surface area contributed by atoms with Crippen molar-refractivity contribution in [2.75, 3.05) is 0 Å². The van der Waals surface area contributed by atoms with E-state index in [1.165, 1.54) is 11.1 Å². The second-order valence-electron chi connectivity index (χ2n) is 4.46. The monoisotopic (exact) mass is 191 g/mol. The third-order valence-electron chi connectivity index (χ3n) is 2.40. The molecule has 1 nitrogen and oxygen atoms in total. The molecule has 2 atom stereocenters. The molecule has 1 rings (SSSR count). The van der Waals surface area contributed by atoms with E-state index in [-0.39, 0.29) is 0 Å². The summed E-state index contributed by atoms with van der Waals surface area (Å²) in [5, 5.41) is 3.61. The van der Waals surface area contributed by atoms with Gasteiger partial charge in [0.2, 0.25) is 0 Å². The van der Waals surface area contributed by atoms with Crippen LogP contribution in [0, 0.1) is 0 Å². The van der Waals surface area contributed by atoms with Crippen LogP contribution in [0.1, 0.15) is 33.1 Å². The summed E-state index contributed by atoms with van der Waals surface area (Å²) >= 11 is 0. The van der Waals surface area contributed by atoms with E-state index in [0.717, 1.165) is 19.3 Å². The van der Waals surface area contributed by atoms with Gasteiger partial charge in [0.25, 0.3) is 0 Å². The number of hydrogen-bond acceptors (Lipinski definition) is 1. The highest BCUT2D eigenvalue weighted by Crippen LogP contribution is 2.15. The fourth-order valence-electron chi connectivity index (χ4n) is 1.90. The molecular weight excluding hydrogens is 170 g/mol. The molecule has 0 radical (unpaired) electrons. The minimum absolute atomic E-state index is 0.477. The lowest BCUT2D eigenvalue weighted by atomic mass is 9.97. The van der Waals surface area contributed by atoms with Crippen LogP contribution in [0.25, 0.3) is 0 Å². The van der Waals surface area contributed by atoms with E-state index in [2.05, 4.69) is 44.5 Å². The Morgan fingerprint density at radius 2 is 1.93 bits per heavy atom. The van der Waals surface area contributed by atoms with Gasteiger partial charge in [-0.3, -0.25) is 0 Å². The van der Waals surface area contributed by atoms with Crippen LogP contribution < -0.4 is 5.32 Å². The minimum atomic E-state index is 0.477. The molecule has 0 fully saturated rings. The first-order valence-electron chi connectivity index (χ1n) is 5.29. The fourth-order valence-corrected chi connectivity index (χ4v) is 1.90. The maximum atomic E-state index is 3.95. The van der Waals surface area contributed by atoms with E-state index in [9.17, 15) is 0 Å². The zero-order valence-electron chi connectivity index (χ0n) is 9.34. The number of rotatable bonds is 4. The van der Waals surface area contributed by atoms with Crippen LogP contribution >= 0.6 is 0 Å². The van der Waals surface area contributed by atoms with Gasteiger partial charge < -0.3 is 5.32 Å². The Labute approximate surface area is 87.6 Å². The first kappa shape index (κ1) is 11.3. The lowest BCUT2D eigenvalue weighted by Gasteiger charge is -2.27. The molecule has 0 amide bonds. The van der Waals surface area contributed by atoms with Gasteiger partial charge in [0.1, 0.15) is 0 Å². The topological polar surface area (TPSA) is 12.0 Å². The van der Waals surface area contributed by atoms with Crippen LogP contribution in [0.2, 0.25) is 0 Å². The number of nitrogens with one attached hydrogen (secondary N) is 1. The van der Waals surface area contributed by atoms with Crippen molar-refractivity contribution in [2.45, 2.75) is 45.2 Å². The Kier molecular flexibility index (Phi) is 4.15. The highest BCUT2D eigenvalue weighted by Gasteiger charge is 2.16. The Balaban J connectivity index is 2.43. The van der Waals surface area contributed by atoms with E-state index >= 15 is 0 Å². The van der Waals surface area contributed by atoms with Crippen molar-refractivity contribution in [1.29, 1.82) is 0 Å². The third kappa shape index (κ3) is 3.93. The molecule has 78 valence electrons. The molecule has 0 saturated heterocycles. The molecule has 0 bridgehead atoms. The first-order valence-corrected chi connectivity index (χ1v) is 5.29. The van der Waals surface area contributed by atoms with Gasteiger partial charge in [-0.05, 0) is 33.1 Å². The lowest BCUT2D eigenvalue weighted by Crippen LogP contribution is -2.39. The summed E-state index contributed by atoms with van der Waals surface area (Å²) in [7, 11) is 0. The summed E-state index contributed by atoms with van der Waals surface area (Å²) in [6, 6.07) is 1.05. The highest BCUT2D eigenvalue weighted by atomic mass is 14.9. The predicted molar refractivity (Wildman–Crippen MR) is 63.3 cm³/mol. The van der Waals surface area contributed by atoms with Gasteiger partial charge in [-0.1, -0.05) is 23.3 Å². The summed E-state index contributed by atoms with van der Waals surface area (Å²) in [5.41, 5.74) is 2.50. The smallest absolute Gasteiger partial charge is 0.0289 e. The average molecular weight is 191 g/mol. The summed E-state index contributed by atoms with van der Waals surface area (Å²) in [5.74, 6) is 0. The minimum Gasteiger partial charge on any atom is -0.307 e. The van der Waals surface area contributed by atoms with Gasteiger partial charge in [0.05, 0.1) is 0 Å². The second kappa shape index (κ2) is 5.16. The van der Waals surface area contributed by atoms with Gasteiger partial charge in [0, 0.05) is 12.1 Å². The van der Waals surface area contributed by atoms with E-state index in [4.69, 9.17) is 0 Å². The molecule has 0 aromatic carbocycles. The molecule has 0 spiro atoms. The van der Waals surface area contributed by atoms with Crippen LogP contribution in [-0.4, -0.2) is 12.1 Å². The Morgan fingerprint density at radius 3 is 2.50 bits per heavy atom. The SMILES string of the molecule is C=C(C)C[C@H]1CC=C[C@H](CC(=C)C)N1. The van der Waals surface area contributed by atoms with E-state index in [1.807, 2.05) is 0 Å². The largest absolute Gasteiger partial charge is 0.307 e. The van der Waals surface area contributed by atoms with Gasteiger partial charge >= 0.3 is 0 Å². The van der Waals surface area contributed by atoms with Gasteiger partial charge in [-0.15, -0.1) is 13.2 Å². The number of hydrogen-bond donors (Lipinski definition) is 1. The fraction of sp³-hybridized carbons (Fsp3) is 0.538. The molecule has 0 aromatic heterocycles. The molecule has 14 heavy (non-hydrogen) atoms. The third-order valence-corrected chi connectivity index (χ3v) is 2.40. The summed E-state index contributed by atoms with van der Waals surface area (Å²) in [6.07, 6.45) is 7.78. The first-order chi connectivity index (χ1) is 6.58. The van der Waals surface area contributed by atoms with E-state index in [1.54, 1.807) is 0 Å². The van der Waals surface area contributed by atoms with Crippen molar-refractivity contribution in [3.63, 3.8) is 0 Å². The highest BCUT2D eigenvalue weighted by molar-refractivity contribution is 5.09. The molecule has 0 saturated carbocycles. The summed E-state index contributed by atoms with van der Waals surface area (Å²) < 4.78 is 0. The molecule has 1 aliphatic rings. The van der Waals surface area contributed by atoms with Crippen molar-refractivity contribution in [3.05, 3.63) is 36.5 Å². The van der Waals surface area contributed by atoms with Crippen LogP contribution in [0.4, 0.5) is 0 Å². The quantitative estimate of drug-likeness (QED) is 0.673. The van der Waals surface area contributed by atoms with Crippen molar-refractivity contribution in [3.8, 4) is 0 Å². The van der Waals surface area contributed by atoms with Crippen molar-refractivity contribution in [2.24, 2.45) is 0 Å². The molecule has 1 heteroatoms. The van der Waals surface area contributed by atoms with Gasteiger partial charge in [0.15, 0.2) is 0 Å². The van der Waals surface area contributed by atoms with Crippen molar-refractivity contribution in [1.82, 2.24) is 5.32 Å². The molecule has 0 unspecified atom stereocenters. The van der Waals surface area contributed by atoms with E-state index < -0.39 is 0 Å². The molecule has 1 N–H and O–H groups in total. The average Bonchev–Trinajstić information content (AvgIpc) is 2.01. The van der Waals surface area contributed by atoms with Crippen LogP contribution in [0.15, 0.2) is 36.5 Å². The predicted octanol–water partition coefficient (Wildman–Crippen LogP) is 3.21. The molecule has 0 aliphatic carbocycles. The Bertz CT molecular complexity index is 250. The standard InChI is InChI=1S/C13H21N/c1-10(2)8-12-6-5-7-13(14-12)9-11(3)4/h5-6,12-14H,1,3,7-9H2,2,4H3/t12-,13-/m1/s1. The van der Waals surface area contributed by atoms with Gasteiger partial charge in [-0.25, -0.2) is 0 Å². The van der Waals surface area contributed by atoms with Crippen LogP contribution in [-0.2, 0) is 0 Å². The maximum Gasteiger partial charge on any atom is 0.0289 e. The molecular formula is C13H21N. The van der Waals surface area contributed by atoms with E-state index in [0.29, 0.717) is 12.1 Å². The zero-order valence-corrected chi connectivity index (χ0v) is 9.34. The zero-order chi connectivity index (χ0) is 10.6. The summed E-state index contributed by atoms with van der Waals surface area (Å²) in [6.45, 7) is 12.1. The lowest BCUT2D eigenvalue weighted by molar-refractivity contribution is 0.445. The summed E-state index contributed by atoms with van der Waals surface area (Å²) in [4.78, 5) is 0. The van der Waals surface area contributed by atoms with Gasteiger partial charge in [-0.2, -0.15) is 0 Å². The van der Waals surface area contributed by atoms with Crippen LogP contribution in [0.3, 0.4) is 0 Å². The second-order valence-corrected chi connectivity index (χ2v) is 4.46. The normalized spacial score (nSPS) is 26.1. The maximum absolute atomic E-state index is 3.95. The van der Waals surface area contributed by atoms with Crippen molar-refractivity contribution >= 4 is 0 Å².